The fourth-order valence-electron chi connectivity index (χ4n) is 11.2. The Labute approximate surface area is 476 Å². The molecule has 0 aliphatic heterocycles. The third kappa shape index (κ3) is 61.8. The molecule has 3 N–H and O–H groups in total. The van der Waals surface area contributed by atoms with Crippen molar-refractivity contribution in [1.29, 1.82) is 0 Å². The zero-order chi connectivity index (χ0) is 55.0. The van der Waals surface area contributed by atoms with Crippen LogP contribution in [0.5, 0.6) is 0 Å². The van der Waals surface area contributed by atoms with Crippen molar-refractivity contribution in [1.82, 2.24) is 5.32 Å². The molecule has 0 bridgehead atoms. The molecule has 0 rings (SSSR count). The molecule has 6 nitrogen and oxygen atoms in total. The molecule has 1 amide bonds. The molecule has 0 aromatic heterocycles. The van der Waals surface area contributed by atoms with E-state index >= 15 is 0 Å². The van der Waals surface area contributed by atoms with Crippen LogP contribution in [-0.2, 0) is 14.3 Å². The second kappa shape index (κ2) is 66.1. The van der Waals surface area contributed by atoms with Gasteiger partial charge >= 0.3 is 5.97 Å². The summed E-state index contributed by atoms with van der Waals surface area (Å²) in [6, 6.07) is -0.539. The van der Waals surface area contributed by atoms with Gasteiger partial charge in [0.1, 0.15) is 0 Å². The predicted octanol–water partition coefficient (Wildman–Crippen LogP) is 22.4. The Hall–Kier alpha value is -1.40. The Bertz CT molecular complexity index is 1140. The minimum Gasteiger partial charge on any atom is -0.466 e. The minimum absolute atomic E-state index is 0.0222. The first-order valence-corrected chi connectivity index (χ1v) is 34.9. The number of carbonyl (C=O) groups is 2. The quantitative estimate of drug-likeness (QED) is 0.0320. The van der Waals surface area contributed by atoms with Crippen LogP contribution in [0.25, 0.3) is 0 Å². The Kier molecular flexibility index (Phi) is 64.9. The molecule has 0 aromatic rings. The molecule has 0 aromatic carbocycles. The monoisotopic (exact) mass is 1070 g/mol. The summed E-state index contributed by atoms with van der Waals surface area (Å²) >= 11 is 0. The van der Waals surface area contributed by atoms with Gasteiger partial charge in [0.05, 0.1) is 25.4 Å². The molecule has 0 saturated heterocycles. The highest BCUT2D eigenvalue weighted by Crippen LogP contribution is 2.19. The molecule has 76 heavy (non-hydrogen) atoms. The van der Waals surface area contributed by atoms with Gasteiger partial charge in [0.15, 0.2) is 0 Å². The number of nitrogens with one attached hydrogen (secondary N) is 1. The lowest BCUT2D eigenvalue weighted by molar-refractivity contribution is -0.143. The predicted molar refractivity (Wildman–Crippen MR) is 333 cm³/mol. The van der Waals surface area contributed by atoms with Gasteiger partial charge in [0, 0.05) is 12.8 Å². The molecule has 2 unspecified atom stereocenters. The number of amides is 1. The fourth-order valence-corrected chi connectivity index (χ4v) is 11.2. The van der Waals surface area contributed by atoms with Crippen LogP contribution < -0.4 is 5.32 Å². The van der Waals surface area contributed by atoms with Gasteiger partial charge < -0.3 is 20.3 Å². The topological polar surface area (TPSA) is 95.9 Å². The molecular formula is C70H137NO5. The second-order valence-electron chi connectivity index (χ2n) is 24.2. The number of aliphatic hydroxyl groups excluding tert-OH is 2. The Morgan fingerprint density at radius 2 is 0.618 bits per heavy atom. The van der Waals surface area contributed by atoms with E-state index in [1.54, 1.807) is 0 Å². The molecule has 2 atom stereocenters. The Morgan fingerprint density at radius 3 is 0.934 bits per heavy atom. The van der Waals surface area contributed by atoms with Crippen molar-refractivity contribution in [2.75, 3.05) is 13.2 Å². The zero-order valence-electron chi connectivity index (χ0n) is 51.8. The Morgan fingerprint density at radius 1 is 0.355 bits per heavy atom. The highest BCUT2D eigenvalue weighted by atomic mass is 16.5. The molecule has 0 spiro atoms. The van der Waals surface area contributed by atoms with E-state index in [0.717, 1.165) is 38.5 Å². The lowest BCUT2D eigenvalue weighted by atomic mass is 10.0. The molecular weight excluding hydrogens is 935 g/mol. The van der Waals surface area contributed by atoms with E-state index in [9.17, 15) is 19.8 Å². The number of aliphatic hydroxyl groups is 2. The van der Waals surface area contributed by atoms with E-state index in [1.165, 1.54) is 327 Å². The fraction of sp³-hybridized carbons (Fsp3) is 0.943. The van der Waals surface area contributed by atoms with Crippen molar-refractivity contribution >= 4 is 11.9 Å². The average molecular weight is 1070 g/mol. The van der Waals surface area contributed by atoms with Crippen LogP contribution in [0.2, 0.25) is 0 Å². The van der Waals surface area contributed by atoms with Crippen LogP contribution in [-0.4, -0.2) is 47.4 Å². The molecule has 0 radical (unpaired) electrons. The van der Waals surface area contributed by atoms with Crippen LogP contribution in [0, 0.1) is 0 Å². The largest absolute Gasteiger partial charge is 0.466 e. The second-order valence-corrected chi connectivity index (χ2v) is 24.2. The number of carbonyl (C=O) groups excluding carboxylic acids is 2. The van der Waals surface area contributed by atoms with Gasteiger partial charge in [-0.2, -0.15) is 0 Å². The summed E-state index contributed by atoms with van der Waals surface area (Å²) in [5.41, 5.74) is 0. The summed E-state index contributed by atoms with van der Waals surface area (Å²) < 4.78 is 5.51. The number of esters is 1. The number of ether oxygens (including phenoxy) is 1. The summed E-state index contributed by atoms with van der Waals surface area (Å²) in [6.45, 7) is 4.98. The highest BCUT2D eigenvalue weighted by molar-refractivity contribution is 5.76. The maximum Gasteiger partial charge on any atom is 0.305 e. The number of hydrogen-bond donors (Lipinski definition) is 3. The minimum atomic E-state index is -0.661. The molecule has 0 aliphatic rings. The van der Waals surface area contributed by atoms with Gasteiger partial charge in [-0.15, -0.1) is 0 Å². The third-order valence-corrected chi connectivity index (χ3v) is 16.6. The molecule has 0 heterocycles. The third-order valence-electron chi connectivity index (χ3n) is 16.6. The van der Waals surface area contributed by atoms with Crippen LogP contribution >= 0.6 is 0 Å². The first-order chi connectivity index (χ1) is 37.5. The van der Waals surface area contributed by atoms with Gasteiger partial charge in [-0.05, 0) is 51.4 Å². The number of unbranched alkanes of at least 4 members (excludes halogenated alkanes) is 53. The van der Waals surface area contributed by atoms with Gasteiger partial charge in [-0.1, -0.05) is 347 Å². The number of hydrogen-bond acceptors (Lipinski definition) is 5. The lowest BCUT2D eigenvalue weighted by Gasteiger charge is -2.22. The van der Waals surface area contributed by atoms with Crippen molar-refractivity contribution in [3.05, 3.63) is 12.2 Å². The highest BCUT2D eigenvalue weighted by Gasteiger charge is 2.20. The summed E-state index contributed by atoms with van der Waals surface area (Å²) in [5, 5.41) is 23.2. The van der Waals surface area contributed by atoms with Crippen LogP contribution in [0.3, 0.4) is 0 Å². The Balaban J connectivity index is 3.32. The van der Waals surface area contributed by atoms with Crippen molar-refractivity contribution in [3.63, 3.8) is 0 Å². The van der Waals surface area contributed by atoms with Crippen molar-refractivity contribution in [2.45, 2.75) is 411 Å². The van der Waals surface area contributed by atoms with E-state index in [0.29, 0.717) is 25.9 Å². The first kappa shape index (κ1) is 74.6. The molecule has 0 fully saturated rings. The maximum atomic E-state index is 12.5. The van der Waals surface area contributed by atoms with Gasteiger partial charge in [0.25, 0.3) is 0 Å². The summed E-state index contributed by atoms with van der Waals surface area (Å²) in [5.74, 6) is -0.0109. The first-order valence-electron chi connectivity index (χ1n) is 34.9. The van der Waals surface area contributed by atoms with Gasteiger partial charge in [-0.3, -0.25) is 9.59 Å². The van der Waals surface area contributed by atoms with Crippen molar-refractivity contribution < 1.29 is 24.5 Å². The van der Waals surface area contributed by atoms with Gasteiger partial charge in [-0.25, -0.2) is 0 Å². The maximum absolute atomic E-state index is 12.5. The van der Waals surface area contributed by atoms with Gasteiger partial charge in [0.2, 0.25) is 5.91 Å². The molecule has 0 aliphatic carbocycles. The average Bonchev–Trinajstić information content (AvgIpc) is 3.42. The van der Waals surface area contributed by atoms with E-state index in [-0.39, 0.29) is 18.5 Å². The van der Waals surface area contributed by atoms with E-state index in [1.807, 2.05) is 0 Å². The van der Waals surface area contributed by atoms with E-state index < -0.39 is 12.1 Å². The van der Waals surface area contributed by atoms with Crippen LogP contribution in [0.1, 0.15) is 399 Å². The van der Waals surface area contributed by atoms with E-state index in [2.05, 4.69) is 31.3 Å². The molecule has 452 valence electrons. The molecule has 0 saturated carbocycles. The summed E-state index contributed by atoms with van der Waals surface area (Å²) in [6.07, 6.45) is 81.3. The number of allylic oxidation sites excluding steroid dienone is 2. The summed E-state index contributed by atoms with van der Waals surface area (Å²) in [7, 11) is 0. The smallest absolute Gasteiger partial charge is 0.305 e. The van der Waals surface area contributed by atoms with Crippen molar-refractivity contribution in [3.8, 4) is 0 Å². The van der Waals surface area contributed by atoms with Crippen LogP contribution in [0.15, 0.2) is 12.2 Å². The lowest BCUT2D eigenvalue weighted by Crippen LogP contribution is -2.45. The van der Waals surface area contributed by atoms with Crippen molar-refractivity contribution in [2.24, 2.45) is 0 Å². The van der Waals surface area contributed by atoms with Crippen LogP contribution in [0.4, 0.5) is 0 Å². The number of rotatable bonds is 66. The summed E-state index contributed by atoms with van der Waals surface area (Å²) in [4.78, 5) is 24.6. The standard InChI is InChI=1S/C70H137NO5/c1-3-5-7-9-11-13-15-16-17-18-30-34-37-40-44-48-52-56-60-64-70(75)76-65-61-57-53-49-45-41-38-35-32-29-27-25-23-21-19-20-22-24-26-28-31-33-36-39-43-47-51-55-59-63-69(74)71-67(66-72)68(73)62-58-54-50-46-42-14-12-10-8-6-4-2/h19,21,67-68,72-73H,3-18,20,22-66H2,1-2H3,(H,71,74)/b21-19-. The van der Waals surface area contributed by atoms with E-state index in [4.69, 9.17) is 4.74 Å². The molecule has 6 heteroatoms. The normalized spacial score (nSPS) is 12.5. The zero-order valence-corrected chi connectivity index (χ0v) is 51.8. The SMILES string of the molecule is CCCCCCCCCCCCCCCCCCCCCC(=O)OCCCCCCCCCCCCCC/C=C\CCCCCCCCCCCCCCCC(=O)NC(CO)C(O)CCCCCCCCCCCCC.